The first-order valence-electron chi connectivity index (χ1n) is 8.16. The molecule has 2 heterocycles. The Bertz CT molecular complexity index is 1080. The maximum atomic E-state index is 13.3. The van der Waals surface area contributed by atoms with E-state index in [9.17, 15) is 8.78 Å². The molecule has 26 heavy (non-hydrogen) atoms. The van der Waals surface area contributed by atoms with Crippen LogP contribution in [0.1, 0.15) is 11.3 Å². The van der Waals surface area contributed by atoms with Gasteiger partial charge in [0.05, 0.1) is 5.39 Å². The van der Waals surface area contributed by atoms with Gasteiger partial charge in [-0.3, -0.25) is 4.57 Å². The molecule has 0 unspecified atom stereocenters. The number of anilines is 2. The van der Waals surface area contributed by atoms with Gasteiger partial charge < -0.3 is 5.32 Å². The summed E-state index contributed by atoms with van der Waals surface area (Å²) in [4.78, 5) is 8.79. The van der Waals surface area contributed by atoms with Gasteiger partial charge in [0.15, 0.2) is 5.65 Å². The smallest absolute Gasteiger partial charge is 0.150 e. The number of aromatic nitrogens is 3. The first-order chi connectivity index (χ1) is 12.5. The lowest BCUT2D eigenvalue weighted by atomic mass is 10.2. The van der Waals surface area contributed by atoms with E-state index in [1.807, 2.05) is 18.4 Å². The molecule has 0 saturated heterocycles. The second-order valence-electron chi connectivity index (χ2n) is 6.08. The molecule has 0 amide bonds. The number of hydrogen-bond donors (Lipinski definition) is 1. The second-order valence-corrected chi connectivity index (χ2v) is 6.08. The number of rotatable bonds is 3. The van der Waals surface area contributed by atoms with Crippen LogP contribution >= 0.6 is 0 Å². The summed E-state index contributed by atoms with van der Waals surface area (Å²) in [6, 6.07) is 12.4. The third kappa shape index (κ3) is 2.69. The summed E-state index contributed by atoms with van der Waals surface area (Å²) in [5.74, 6) is 0.0637. The predicted molar refractivity (Wildman–Crippen MR) is 98.0 cm³/mol. The van der Waals surface area contributed by atoms with E-state index in [0.717, 1.165) is 33.7 Å². The van der Waals surface area contributed by atoms with Crippen LogP contribution in [0.5, 0.6) is 0 Å². The highest BCUT2D eigenvalue weighted by Crippen LogP contribution is 2.32. The van der Waals surface area contributed by atoms with Gasteiger partial charge >= 0.3 is 0 Å². The van der Waals surface area contributed by atoms with E-state index in [4.69, 9.17) is 0 Å². The molecule has 0 spiro atoms. The minimum atomic E-state index is -0.294. The lowest BCUT2D eigenvalue weighted by Crippen LogP contribution is -1.99. The molecule has 4 rings (SSSR count). The first-order valence-corrected chi connectivity index (χ1v) is 8.16. The van der Waals surface area contributed by atoms with Gasteiger partial charge in [0.1, 0.15) is 23.8 Å². The summed E-state index contributed by atoms with van der Waals surface area (Å²) in [5, 5.41) is 4.10. The maximum absolute atomic E-state index is 13.3. The first kappa shape index (κ1) is 16.2. The van der Waals surface area contributed by atoms with E-state index in [-0.39, 0.29) is 11.6 Å². The molecule has 0 bridgehead atoms. The number of nitrogens with one attached hydrogen (secondary N) is 1. The standard InChI is InChI=1S/C20H16F2N4/c1-12-13(2)26(17-9-5-15(22)6-10-17)20-18(12)19(23-11-24-20)25-16-7-3-14(21)4-8-16/h3-11H,1-2H3,(H,23,24,25). The van der Waals surface area contributed by atoms with E-state index < -0.39 is 0 Å². The highest BCUT2D eigenvalue weighted by Gasteiger charge is 2.17. The molecule has 0 saturated carbocycles. The molecule has 130 valence electrons. The molecule has 0 aliphatic rings. The van der Waals surface area contributed by atoms with E-state index in [1.54, 1.807) is 24.3 Å². The van der Waals surface area contributed by atoms with E-state index in [2.05, 4.69) is 15.3 Å². The molecule has 0 fully saturated rings. The minimum absolute atomic E-state index is 0.284. The largest absolute Gasteiger partial charge is 0.340 e. The quantitative estimate of drug-likeness (QED) is 0.562. The zero-order valence-electron chi connectivity index (χ0n) is 14.3. The van der Waals surface area contributed by atoms with Crippen LogP contribution in [-0.4, -0.2) is 14.5 Å². The van der Waals surface area contributed by atoms with Crippen molar-refractivity contribution >= 4 is 22.5 Å². The van der Waals surface area contributed by atoms with Crippen molar-refractivity contribution in [2.75, 3.05) is 5.32 Å². The Morgan fingerprint density at radius 2 is 1.46 bits per heavy atom. The summed E-state index contributed by atoms with van der Waals surface area (Å²) in [6.45, 7) is 3.99. The van der Waals surface area contributed by atoms with Crippen LogP contribution in [0.2, 0.25) is 0 Å². The van der Waals surface area contributed by atoms with Crippen molar-refractivity contribution in [3.8, 4) is 5.69 Å². The molecule has 4 aromatic rings. The third-order valence-electron chi connectivity index (χ3n) is 4.48. The van der Waals surface area contributed by atoms with Crippen LogP contribution in [0.4, 0.5) is 20.3 Å². The normalized spacial score (nSPS) is 11.1. The fourth-order valence-corrected chi connectivity index (χ4v) is 3.07. The number of halogens is 2. The van der Waals surface area contributed by atoms with Crippen molar-refractivity contribution in [3.05, 3.63) is 77.8 Å². The van der Waals surface area contributed by atoms with Crippen LogP contribution in [0.25, 0.3) is 16.7 Å². The Hall–Kier alpha value is -3.28. The van der Waals surface area contributed by atoms with Gasteiger partial charge in [-0.05, 0) is 67.9 Å². The van der Waals surface area contributed by atoms with Crippen molar-refractivity contribution in [3.63, 3.8) is 0 Å². The molecule has 6 heteroatoms. The molecular weight excluding hydrogens is 334 g/mol. The molecule has 0 aliphatic carbocycles. The SMILES string of the molecule is Cc1c(C)n(-c2ccc(F)cc2)c2ncnc(Nc3ccc(F)cc3)c12. The Kier molecular flexibility index (Phi) is 3.88. The molecule has 0 aliphatic heterocycles. The predicted octanol–water partition coefficient (Wildman–Crippen LogP) is 5.06. The van der Waals surface area contributed by atoms with Crippen LogP contribution < -0.4 is 5.32 Å². The summed E-state index contributed by atoms with van der Waals surface area (Å²) < 4.78 is 28.4. The zero-order valence-corrected chi connectivity index (χ0v) is 14.3. The van der Waals surface area contributed by atoms with Crippen molar-refractivity contribution in [1.29, 1.82) is 0 Å². The van der Waals surface area contributed by atoms with Crippen LogP contribution in [0.3, 0.4) is 0 Å². The average molecular weight is 350 g/mol. The monoisotopic (exact) mass is 350 g/mol. The highest BCUT2D eigenvalue weighted by atomic mass is 19.1. The van der Waals surface area contributed by atoms with Crippen molar-refractivity contribution in [2.45, 2.75) is 13.8 Å². The summed E-state index contributed by atoms with van der Waals surface area (Å²) in [7, 11) is 0. The number of aryl methyl sites for hydroxylation is 1. The fraction of sp³-hybridized carbons (Fsp3) is 0.100. The van der Waals surface area contributed by atoms with Gasteiger partial charge in [0.2, 0.25) is 0 Å². The number of benzene rings is 2. The molecule has 2 aromatic heterocycles. The Balaban J connectivity index is 1.88. The summed E-state index contributed by atoms with van der Waals surface area (Å²) in [6.07, 6.45) is 1.48. The average Bonchev–Trinajstić information content (AvgIpc) is 2.90. The van der Waals surface area contributed by atoms with Gasteiger partial charge in [-0.1, -0.05) is 0 Å². The molecule has 4 nitrogen and oxygen atoms in total. The Labute approximate surface area is 149 Å². The molecule has 1 N–H and O–H groups in total. The highest BCUT2D eigenvalue weighted by molar-refractivity contribution is 5.94. The Morgan fingerprint density at radius 3 is 2.12 bits per heavy atom. The summed E-state index contributed by atoms with van der Waals surface area (Å²) in [5.41, 5.74) is 4.31. The number of fused-ring (bicyclic) bond motifs is 1. The lowest BCUT2D eigenvalue weighted by molar-refractivity contribution is 0.627. The van der Waals surface area contributed by atoms with Gasteiger partial charge in [-0.15, -0.1) is 0 Å². The number of hydrogen-bond acceptors (Lipinski definition) is 3. The Morgan fingerprint density at radius 1 is 0.846 bits per heavy atom. The van der Waals surface area contributed by atoms with Gasteiger partial charge in [0.25, 0.3) is 0 Å². The summed E-state index contributed by atoms with van der Waals surface area (Å²) >= 11 is 0. The fourth-order valence-electron chi connectivity index (χ4n) is 3.07. The van der Waals surface area contributed by atoms with Crippen LogP contribution in [0.15, 0.2) is 54.9 Å². The van der Waals surface area contributed by atoms with E-state index in [1.165, 1.54) is 30.6 Å². The van der Waals surface area contributed by atoms with Gasteiger partial charge in [0, 0.05) is 17.1 Å². The van der Waals surface area contributed by atoms with Crippen LogP contribution in [0, 0.1) is 25.5 Å². The number of nitrogens with zero attached hydrogens (tertiary/aromatic N) is 3. The zero-order chi connectivity index (χ0) is 18.3. The van der Waals surface area contributed by atoms with E-state index >= 15 is 0 Å². The topological polar surface area (TPSA) is 42.7 Å². The van der Waals surface area contributed by atoms with Crippen molar-refractivity contribution in [2.24, 2.45) is 0 Å². The molecule has 0 radical (unpaired) electrons. The van der Waals surface area contributed by atoms with Crippen LogP contribution in [-0.2, 0) is 0 Å². The maximum Gasteiger partial charge on any atom is 0.150 e. The van der Waals surface area contributed by atoms with E-state index in [0.29, 0.717) is 5.82 Å². The lowest BCUT2D eigenvalue weighted by Gasteiger charge is -2.09. The molecular formula is C20H16F2N4. The van der Waals surface area contributed by atoms with Gasteiger partial charge in [-0.25, -0.2) is 18.7 Å². The molecule has 2 aromatic carbocycles. The van der Waals surface area contributed by atoms with Crippen molar-refractivity contribution < 1.29 is 8.78 Å². The minimum Gasteiger partial charge on any atom is -0.340 e. The second kappa shape index (κ2) is 6.22. The van der Waals surface area contributed by atoms with Crippen molar-refractivity contribution in [1.82, 2.24) is 14.5 Å². The molecule has 0 atom stereocenters. The third-order valence-corrected chi connectivity index (χ3v) is 4.48. The van der Waals surface area contributed by atoms with Gasteiger partial charge in [-0.2, -0.15) is 0 Å².